The van der Waals surface area contributed by atoms with Crippen molar-refractivity contribution in [2.24, 2.45) is 11.8 Å². The van der Waals surface area contributed by atoms with Gasteiger partial charge < -0.3 is 5.11 Å². The molecule has 2 rings (SSSR count). The fraction of sp³-hybridized carbons (Fsp3) is 0.667. The van der Waals surface area contributed by atoms with E-state index in [1.165, 1.54) is 32.1 Å². The third-order valence-corrected chi connectivity index (χ3v) is 5.15. The molecule has 0 saturated heterocycles. The number of halogens is 2. The maximum Gasteiger partial charge on any atom is 0.145 e. The summed E-state index contributed by atoms with van der Waals surface area (Å²) in [5, 5.41) is 10.5. The first-order valence-electron chi connectivity index (χ1n) is 8.22. The second kappa shape index (κ2) is 8.14. The average Bonchev–Trinajstić information content (AvgIpc) is 2.50. The van der Waals surface area contributed by atoms with Crippen molar-refractivity contribution in [1.82, 2.24) is 0 Å². The smallest absolute Gasteiger partial charge is 0.145 e. The maximum atomic E-state index is 13.9. The number of rotatable bonds is 6. The fourth-order valence-electron chi connectivity index (χ4n) is 3.45. The summed E-state index contributed by atoms with van der Waals surface area (Å²) in [5.41, 5.74) is 0.531. The molecule has 1 unspecified atom stereocenters. The fourth-order valence-corrected chi connectivity index (χ4v) is 3.65. The van der Waals surface area contributed by atoms with Crippen molar-refractivity contribution in [2.45, 2.75) is 64.4 Å². The molecule has 0 heterocycles. The van der Waals surface area contributed by atoms with Crippen LogP contribution in [0.25, 0.3) is 0 Å². The summed E-state index contributed by atoms with van der Waals surface area (Å²) < 4.78 is 13.9. The van der Waals surface area contributed by atoms with Gasteiger partial charge in [-0.3, -0.25) is 0 Å². The van der Waals surface area contributed by atoms with Gasteiger partial charge in [0.25, 0.3) is 0 Å². The van der Waals surface area contributed by atoms with Crippen LogP contribution in [0.15, 0.2) is 18.2 Å². The molecule has 1 atom stereocenters. The van der Waals surface area contributed by atoms with E-state index in [1.54, 1.807) is 18.2 Å². The highest BCUT2D eigenvalue weighted by Gasteiger charge is 2.27. The summed E-state index contributed by atoms with van der Waals surface area (Å²) in [6.07, 6.45) is 8.36. The molecule has 0 aliphatic heterocycles. The lowest BCUT2D eigenvalue weighted by atomic mass is 9.76. The molecule has 3 heteroatoms. The van der Waals surface area contributed by atoms with Crippen molar-refractivity contribution < 1.29 is 9.50 Å². The van der Waals surface area contributed by atoms with Gasteiger partial charge in [0.2, 0.25) is 0 Å². The highest BCUT2D eigenvalue weighted by Crippen LogP contribution is 2.34. The van der Waals surface area contributed by atoms with Crippen LogP contribution < -0.4 is 0 Å². The van der Waals surface area contributed by atoms with E-state index >= 15 is 0 Å². The van der Waals surface area contributed by atoms with Crippen LogP contribution in [0, 0.1) is 17.7 Å². The quantitative estimate of drug-likeness (QED) is 0.747. The van der Waals surface area contributed by atoms with Crippen molar-refractivity contribution in [3.05, 3.63) is 34.6 Å². The number of aliphatic hydroxyl groups is 1. The minimum atomic E-state index is -0.454. The minimum absolute atomic E-state index is 0.142. The highest BCUT2D eigenvalue weighted by atomic mass is 35.5. The SMILES string of the molecule is CCCCC1CCC(C(O)Cc2cccc(Cl)c2F)CC1. The van der Waals surface area contributed by atoms with Crippen LogP contribution in [0.3, 0.4) is 0 Å². The topological polar surface area (TPSA) is 20.2 Å². The van der Waals surface area contributed by atoms with Crippen LogP contribution in [0.5, 0.6) is 0 Å². The Morgan fingerprint density at radius 1 is 1.29 bits per heavy atom. The molecular weight excluding hydrogens is 287 g/mol. The molecular formula is C18H26ClFO. The first-order chi connectivity index (χ1) is 10.1. The minimum Gasteiger partial charge on any atom is -0.392 e. The molecule has 0 bridgehead atoms. The van der Waals surface area contributed by atoms with E-state index in [0.717, 1.165) is 18.8 Å². The van der Waals surface area contributed by atoms with Crippen molar-refractivity contribution in [3.8, 4) is 0 Å². The Bertz CT molecular complexity index is 441. The van der Waals surface area contributed by atoms with Gasteiger partial charge in [-0.15, -0.1) is 0 Å². The van der Waals surface area contributed by atoms with E-state index in [4.69, 9.17) is 11.6 Å². The van der Waals surface area contributed by atoms with Crippen molar-refractivity contribution in [1.29, 1.82) is 0 Å². The molecule has 1 aliphatic carbocycles. The lowest BCUT2D eigenvalue weighted by molar-refractivity contribution is 0.0719. The Morgan fingerprint density at radius 2 is 2.00 bits per heavy atom. The second-order valence-electron chi connectivity index (χ2n) is 6.41. The van der Waals surface area contributed by atoms with Crippen LogP contribution in [0.4, 0.5) is 4.39 Å². The zero-order chi connectivity index (χ0) is 15.2. The maximum absolute atomic E-state index is 13.9. The summed E-state index contributed by atoms with van der Waals surface area (Å²) in [6.45, 7) is 2.23. The number of hydrogen-bond donors (Lipinski definition) is 1. The molecule has 118 valence electrons. The van der Waals surface area contributed by atoms with Crippen LogP contribution >= 0.6 is 11.6 Å². The van der Waals surface area contributed by atoms with Gasteiger partial charge in [0, 0.05) is 6.42 Å². The summed E-state index contributed by atoms with van der Waals surface area (Å²) in [4.78, 5) is 0. The molecule has 1 aromatic carbocycles. The average molecular weight is 313 g/mol. The van der Waals surface area contributed by atoms with Crippen LogP contribution in [0.2, 0.25) is 5.02 Å². The Balaban J connectivity index is 1.84. The van der Waals surface area contributed by atoms with E-state index in [9.17, 15) is 9.50 Å². The monoisotopic (exact) mass is 312 g/mol. The summed E-state index contributed by atoms with van der Waals surface area (Å²) >= 11 is 5.79. The molecule has 21 heavy (non-hydrogen) atoms. The predicted molar refractivity (Wildman–Crippen MR) is 86.1 cm³/mol. The molecule has 1 N–H and O–H groups in total. The number of benzene rings is 1. The van der Waals surface area contributed by atoms with Gasteiger partial charge in [-0.25, -0.2) is 4.39 Å². The molecule has 0 amide bonds. The number of aliphatic hydroxyl groups excluding tert-OH is 1. The van der Waals surface area contributed by atoms with Crippen molar-refractivity contribution in [2.75, 3.05) is 0 Å². The Morgan fingerprint density at radius 3 is 2.67 bits per heavy atom. The van der Waals surface area contributed by atoms with Crippen LogP contribution in [-0.4, -0.2) is 11.2 Å². The first-order valence-corrected chi connectivity index (χ1v) is 8.60. The van der Waals surface area contributed by atoms with Gasteiger partial charge >= 0.3 is 0 Å². The number of unbranched alkanes of at least 4 members (excludes halogenated alkanes) is 1. The second-order valence-corrected chi connectivity index (χ2v) is 6.81. The third kappa shape index (κ3) is 4.69. The molecule has 1 aliphatic rings. The Hall–Kier alpha value is -0.600. The van der Waals surface area contributed by atoms with Crippen LogP contribution in [0.1, 0.15) is 57.4 Å². The van der Waals surface area contributed by atoms with Gasteiger partial charge in [0.05, 0.1) is 11.1 Å². The Labute approximate surface area is 132 Å². The predicted octanol–water partition coefficient (Wildman–Crippen LogP) is 5.38. The zero-order valence-corrected chi connectivity index (χ0v) is 13.6. The molecule has 1 saturated carbocycles. The van der Waals surface area contributed by atoms with Crippen molar-refractivity contribution in [3.63, 3.8) is 0 Å². The highest BCUT2D eigenvalue weighted by molar-refractivity contribution is 6.30. The first kappa shape index (κ1) is 16.8. The molecule has 1 nitrogen and oxygen atoms in total. The largest absolute Gasteiger partial charge is 0.392 e. The van der Waals surface area contributed by atoms with Crippen LogP contribution in [-0.2, 0) is 6.42 Å². The van der Waals surface area contributed by atoms with Gasteiger partial charge in [0.15, 0.2) is 0 Å². The van der Waals surface area contributed by atoms with E-state index in [1.807, 2.05) is 0 Å². The van der Waals surface area contributed by atoms with Gasteiger partial charge in [-0.1, -0.05) is 62.8 Å². The summed E-state index contributed by atoms with van der Waals surface area (Å²) in [5.74, 6) is 0.757. The lowest BCUT2D eigenvalue weighted by Crippen LogP contribution is -2.27. The summed E-state index contributed by atoms with van der Waals surface area (Å²) in [6, 6.07) is 5.01. The Kier molecular flexibility index (Phi) is 6.50. The van der Waals surface area contributed by atoms with E-state index < -0.39 is 6.10 Å². The molecule has 0 aromatic heterocycles. The zero-order valence-electron chi connectivity index (χ0n) is 12.8. The van der Waals surface area contributed by atoms with E-state index in [0.29, 0.717) is 17.9 Å². The molecule has 0 spiro atoms. The van der Waals surface area contributed by atoms with Gasteiger partial charge in [-0.05, 0) is 36.3 Å². The van der Waals surface area contributed by atoms with E-state index in [-0.39, 0.29) is 10.8 Å². The lowest BCUT2D eigenvalue weighted by Gasteiger charge is -2.31. The number of hydrogen-bond acceptors (Lipinski definition) is 1. The van der Waals surface area contributed by atoms with Crippen molar-refractivity contribution >= 4 is 11.6 Å². The molecule has 1 fully saturated rings. The standard InChI is InChI=1S/C18H26ClFO/c1-2-3-5-13-8-10-14(11-9-13)17(21)12-15-6-4-7-16(19)18(15)20/h4,6-7,13-14,17,21H,2-3,5,8-12H2,1H3. The molecule has 0 radical (unpaired) electrons. The van der Waals surface area contributed by atoms with E-state index in [2.05, 4.69) is 6.92 Å². The van der Waals surface area contributed by atoms with Gasteiger partial charge in [-0.2, -0.15) is 0 Å². The third-order valence-electron chi connectivity index (χ3n) is 4.86. The summed E-state index contributed by atoms with van der Waals surface area (Å²) in [7, 11) is 0. The molecule has 1 aromatic rings. The van der Waals surface area contributed by atoms with Gasteiger partial charge in [0.1, 0.15) is 5.82 Å². The normalized spacial score (nSPS) is 24.0.